The molecule has 0 amide bonds. The van der Waals surface area contributed by atoms with Crippen LogP contribution in [0.3, 0.4) is 0 Å². The molecular formula is C29H47N3O3Sn. The molecule has 2 rings (SSSR count). The first kappa shape index (κ1) is 36.6. The van der Waals surface area contributed by atoms with Gasteiger partial charge in [0.05, 0.1) is 12.5 Å². The quantitative estimate of drug-likeness (QED) is 0.135. The summed E-state index contributed by atoms with van der Waals surface area (Å²) in [5.41, 5.74) is 7.58. The number of hydrogen-bond acceptors (Lipinski definition) is 5. The molecule has 4 radical (unpaired) electrons. The van der Waals surface area contributed by atoms with E-state index in [1.165, 1.54) is 64.2 Å². The summed E-state index contributed by atoms with van der Waals surface area (Å²) < 4.78 is 0. The van der Waals surface area contributed by atoms with E-state index in [0.717, 1.165) is 29.3 Å². The number of nitrogens with one attached hydrogen (secondary N) is 1. The van der Waals surface area contributed by atoms with Crippen LogP contribution in [0.5, 0.6) is 0 Å². The second-order valence-corrected chi connectivity index (χ2v) is 8.73. The fraction of sp³-hybridized carbons (Fsp3) is 0.586. The molecule has 1 atom stereocenters. The number of nitrogens with zero attached hydrogens (tertiary/aromatic N) is 1. The van der Waals surface area contributed by atoms with E-state index in [2.05, 4.69) is 37.7 Å². The van der Waals surface area contributed by atoms with E-state index in [4.69, 9.17) is 5.73 Å². The van der Waals surface area contributed by atoms with Crippen molar-refractivity contribution in [2.24, 2.45) is 10.7 Å². The van der Waals surface area contributed by atoms with Gasteiger partial charge in [0.15, 0.2) is 0 Å². The number of nitrogens with two attached hydrogens (primary N) is 1. The van der Waals surface area contributed by atoms with Gasteiger partial charge in [-0.25, -0.2) is 0 Å². The number of aromatic amines is 1. The van der Waals surface area contributed by atoms with Crippen molar-refractivity contribution in [1.82, 2.24) is 4.98 Å². The van der Waals surface area contributed by atoms with Crippen LogP contribution >= 0.6 is 0 Å². The first-order chi connectivity index (χ1) is 16.9. The van der Waals surface area contributed by atoms with Crippen LogP contribution < -0.4 is 15.9 Å². The molecule has 3 N–H and O–H groups in total. The Morgan fingerprint density at radius 2 is 1.47 bits per heavy atom. The van der Waals surface area contributed by atoms with Crippen molar-refractivity contribution in [2.45, 2.75) is 103 Å². The number of carboxylic acids is 1. The van der Waals surface area contributed by atoms with Crippen LogP contribution in [0.25, 0.3) is 10.9 Å². The van der Waals surface area contributed by atoms with Crippen LogP contribution in [0.2, 0.25) is 0 Å². The Morgan fingerprint density at radius 1 is 0.944 bits per heavy atom. The zero-order chi connectivity index (χ0) is 26.3. The van der Waals surface area contributed by atoms with Crippen LogP contribution in [0.1, 0.15) is 96.5 Å². The van der Waals surface area contributed by atoms with Gasteiger partial charge in [-0.15, -0.1) is 0 Å². The molecule has 0 spiro atoms. The minimum Gasteiger partial charge on any atom is -0.861 e. The van der Waals surface area contributed by atoms with Gasteiger partial charge in [-0.1, -0.05) is 123 Å². The summed E-state index contributed by atoms with van der Waals surface area (Å²) in [6.45, 7) is 11.4. The van der Waals surface area contributed by atoms with Crippen LogP contribution in [-0.4, -0.2) is 53.3 Å². The number of hydrogen-bond donors (Lipinski definition) is 2. The van der Waals surface area contributed by atoms with Gasteiger partial charge in [0.1, 0.15) is 0 Å². The van der Waals surface area contributed by atoms with Gasteiger partial charge in [-0.3, -0.25) is 4.99 Å². The summed E-state index contributed by atoms with van der Waals surface area (Å²) in [6.07, 6.45) is 18.0. The average molecular weight is 604 g/mol. The van der Waals surface area contributed by atoms with Crippen molar-refractivity contribution in [3.63, 3.8) is 0 Å². The summed E-state index contributed by atoms with van der Waals surface area (Å²) in [6, 6.07) is 6.80. The Hall–Kier alpha value is -1.54. The smallest absolute Gasteiger partial charge is 0.861 e. The summed E-state index contributed by atoms with van der Waals surface area (Å²) in [5.74, 6) is -2.03. The number of fused-ring (bicyclic) bond motifs is 1. The number of unbranched alkanes of at least 4 members (excludes halogenated alkanes) is 10. The molecule has 0 aliphatic rings. The average Bonchev–Trinajstić information content (AvgIpc) is 3.26. The zero-order valence-electron chi connectivity index (χ0n) is 22.5. The van der Waals surface area contributed by atoms with Crippen LogP contribution in [0.15, 0.2) is 35.5 Å². The van der Waals surface area contributed by atoms with Crippen molar-refractivity contribution in [1.29, 1.82) is 0 Å². The molecule has 2 aromatic rings. The molecular weight excluding hydrogens is 557 g/mol. The number of carbonyl (C=O) groups is 1. The van der Waals surface area contributed by atoms with Crippen LogP contribution in [0, 0.1) is 13.8 Å². The van der Waals surface area contributed by atoms with E-state index in [9.17, 15) is 15.0 Å². The van der Waals surface area contributed by atoms with Gasteiger partial charge in [0.25, 0.3) is 0 Å². The second kappa shape index (κ2) is 25.1. The van der Waals surface area contributed by atoms with Gasteiger partial charge in [-0.2, -0.15) is 0 Å². The molecule has 6 nitrogen and oxygen atoms in total. The van der Waals surface area contributed by atoms with Gasteiger partial charge in [0, 0.05) is 23.1 Å². The van der Waals surface area contributed by atoms with Gasteiger partial charge in [0.2, 0.25) is 0 Å². The standard InChI is InChI=1S/C13H15N3O3.2C8H17.Sn/c14-10(13(19)16-7-12(17)18)5-8-6-15-11-4-2-1-3-9(8)11;2*1-3-5-7-8-6-4-2;/h1-4,6,10,15H,5,7,14H2,(H,16,19)(H,17,18);2*1,3-8H2,2H3;/q;;;+2/p-2/t10-;;;/m0.../s1. The van der Waals surface area contributed by atoms with Gasteiger partial charge < -0.3 is 25.7 Å². The first-order valence-electron chi connectivity index (χ1n) is 13.2. The van der Waals surface area contributed by atoms with Crippen molar-refractivity contribution >= 4 is 46.7 Å². The predicted octanol–water partition coefficient (Wildman–Crippen LogP) is 4.53. The van der Waals surface area contributed by atoms with E-state index in [1.807, 2.05) is 24.3 Å². The third-order valence-electron chi connectivity index (χ3n) is 5.50. The molecule has 36 heavy (non-hydrogen) atoms. The molecule has 0 aliphatic heterocycles. The molecule has 0 unspecified atom stereocenters. The largest absolute Gasteiger partial charge is 2.00 e. The number of para-hydroxylation sites is 1. The summed E-state index contributed by atoms with van der Waals surface area (Å²) in [5, 5.41) is 22.7. The monoisotopic (exact) mass is 605 g/mol. The molecule has 200 valence electrons. The molecule has 0 saturated carbocycles. The second-order valence-electron chi connectivity index (χ2n) is 8.73. The topological polar surface area (TPSA) is 117 Å². The molecule has 0 aliphatic carbocycles. The number of aliphatic carboxylic acids is 1. The summed E-state index contributed by atoms with van der Waals surface area (Å²) in [7, 11) is 0. The van der Waals surface area contributed by atoms with E-state index in [-0.39, 0.29) is 23.9 Å². The molecule has 0 saturated heterocycles. The van der Waals surface area contributed by atoms with Crippen molar-refractivity contribution in [3.8, 4) is 0 Å². The maximum absolute atomic E-state index is 11.5. The van der Waals surface area contributed by atoms with Crippen molar-refractivity contribution < 1.29 is 15.0 Å². The number of benzene rings is 1. The van der Waals surface area contributed by atoms with E-state index in [1.54, 1.807) is 6.20 Å². The third kappa shape index (κ3) is 18.7. The molecule has 1 heterocycles. The van der Waals surface area contributed by atoms with Crippen LogP contribution in [-0.2, 0) is 11.2 Å². The maximum Gasteiger partial charge on any atom is 2.00 e. The zero-order valence-corrected chi connectivity index (χ0v) is 25.4. The Balaban J connectivity index is 0. The molecule has 1 aromatic heterocycles. The molecule has 0 bridgehead atoms. The molecule has 0 fully saturated rings. The van der Waals surface area contributed by atoms with E-state index >= 15 is 0 Å². The Kier molecular flexibility index (Phi) is 25.6. The Morgan fingerprint density at radius 3 is 1.97 bits per heavy atom. The van der Waals surface area contributed by atoms with E-state index < -0.39 is 24.5 Å². The minimum absolute atomic E-state index is 0. The number of carboxylic acid groups (broad SMARTS) is 1. The SMILES string of the molecule is N[C@@H](Cc1c[nH]c2ccccc12)C([O-])=NCC(=O)[O-].[CH2]CCCCCCC.[CH2]CCCCCCC.[Sn+2]. The normalized spacial score (nSPS) is 11.5. The minimum atomic E-state index is -1.40. The Bertz CT molecular complexity index is 784. The maximum atomic E-state index is 11.5. The van der Waals surface area contributed by atoms with Gasteiger partial charge >= 0.3 is 23.9 Å². The number of carbonyl (C=O) groups excluding carboxylic acids is 1. The predicted molar refractivity (Wildman–Crippen MR) is 151 cm³/mol. The number of H-pyrrole nitrogens is 1. The molecule has 1 aromatic carbocycles. The fourth-order valence-electron chi connectivity index (χ4n) is 3.45. The van der Waals surface area contributed by atoms with E-state index in [0.29, 0.717) is 6.42 Å². The summed E-state index contributed by atoms with van der Waals surface area (Å²) >= 11 is 0. The van der Waals surface area contributed by atoms with Crippen molar-refractivity contribution in [2.75, 3.05) is 6.54 Å². The Labute approximate surface area is 236 Å². The third-order valence-corrected chi connectivity index (χ3v) is 5.50. The van der Waals surface area contributed by atoms with Gasteiger partial charge in [-0.05, 0) is 23.9 Å². The number of aromatic nitrogens is 1. The number of rotatable bonds is 15. The fourth-order valence-corrected chi connectivity index (χ4v) is 3.45. The molecule has 7 heteroatoms. The number of aliphatic imine (C=N–C) groups is 1. The first-order valence-corrected chi connectivity index (χ1v) is 13.2. The summed E-state index contributed by atoms with van der Waals surface area (Å²) in [4.78, 5) is 16.6. The van der Waals surface area contributed by atoms with Crippen molar-refractivity contribution in [3.05, 3.63) is 49.9 Å². The van der Waals surface area contributed by atoms with Crippen LogP contribution in [0.4, 0.5) is 0 Å².